The van der Waals surface area contributed by atoms with E-state index in [1.807, 2.05) is 0 Å². The van der Waals surface area contributed by atoms with Crippen molar-refractivity contribution in [3.8, 4) is 0 Å². The molecule has 4 heteroatoms. The van der Waals surface area contributed by atoms with E-state index in [0.717, 1.165) is 6.42 Å². The van der Waals surface area contributed by atoms with E-state index in [4.69, 9.17) is 4.74 Å². The number of ketones is 1. The molecule has 1 unspecified atom stereocenters. The molecule has 2 aliphatic carbocycles. The number of hydrogen-bond acceptors (Lipinski definition) is 4. The summed E-state index contributed by atoms with van der Waals surface area (Å²) < 4.78 is 5.13. The first-order chi connectivity index (χ1) is 8.78. The predicted molar refractivity (Wildman–Crippen MR) is 68.0 cm³/mol. The third kappa shape index (κ3) is 1.55. The van der Waals surface area contributed by atoms with Gasteiger partial charge in [-0.15, -0.1) is 0 Å². The van der Waals surface area contributed by atoms with Crippen LogP contribution in [0, 0.1) is 17.3 Å². The molecule has 0 spiro atoms. The molecule has 19 heavy (non-hydrogen) atoms. The van der Waals surface area contributed by atoms with E-state index in [9.17, 15) is 14.7 Å². The molecule has 0 bridgehead atoms. The number of rotatable bonds is 0. The fraction of sp³-hybridized carbons (Fsp3) is 0.733. The molecule has 0 aromatic carbocycles. The van der Waals surface area contributed by atoms with Gasteiger partial charge in [-0.3, -0.25) is 4.79 Å². The first-order valence-corrected chi connectivity index (χ1v) is 6.96. The molecule has 3 rings (SSSR count). The topological polar surface area (TPSA) is 63.6 Å². The highest BCUT2D eigenvalue weighted by Crippen LogP contribution is 2.58. The van der Waals surface area contributed by atoms with Crippen LogP contribution >= 0.6 is 0 Å². The van der Waals surface area contributed by atoms with Gasteiger partial charge in [-0.05, 0) is 31.1 Å². The molecular weight excluding hydrogens is 244 g/mol. The lowest BCUT2D eigenvalue weighted by Gasteiger charge is -2.51. The van der Waals surface area contributed by atoms with Crippen molar-refractivity contribution >= 4 is 11.8 Å². The number of esters is 1. The van der Waals surface area contributed by atoms with Gasteiger partial charge in [-0.25, -0.2) is 4.79 Å². The van der Waals surface area contributed by atoms with Gasteiger partial charge in [0, 0.05) is 29.9 Å². The molecule has 0 aromatic rings. The van der Waals surface area contributed by atoms with Crippen molar-refractivity contribution < 1.29 is 19.4 Å². The Kier molecular flexibility index (Phi) is 2.50. The maximum atomic E-state index is 12.2. The van der Waals surface area contributed by atoms with Gasteiger partial charge >= 0.3 is 5.97 Å². The lowest BCUT2D eigenvalue weighted by atomic mass is 9.53. The zero-order chi connectivity index (χ0) is 14.0. The second-order valence-electron chi connectivity index (χ2n) is 6.62. The van der Waals surface area contributed by atoms with Crippen molar-refractivity contribution in [2.75, 3.05) is 0 Å². The summed E-state index contributed by atoms with van der Waals surface area (Å²) in [5.74, 6) is -1.56. The summed E-state index contributed by atoms with van der Waals surface area (Å²) in [5, 5.41) is 10.6. The molecule has 2 saturated carbocycles. The summed E-state index contributed by atoms with van der Waals surface area (Å²) in [6, 6.07) is 0. The fourth-order valence-electron chi connectivity index (χ4n) is 4.02. The second-order valence-corrected chi connectivity index (χ2v) is 6.62. The Morgan fingerprint density at radius 1 is 1.37 bits per heavy atom. The number of aliphatic hydroxyl groups is 1. The fourth-order valence-corrected chi connectivity index (χ4v) is 4.02. The molecule has 3 aliphatic rings. The Hall–Kier alpha value is -1.16. The van der Waals surface area contributed by atoms with Crippen molar-refractivity contribution in [1.29, 1.82) is 0 Å². The Balaban J connectivity index is 2.07. The van der Waals surface area contributed by atoms with Crippen LogP contribution < -0.4 is 0 Å². The number of hydrogen-bond donors (Lipinski definition) is 1. The lowest BCUT2D eigenvalue weighted by Crippen LogP contribution is -2.53. The Bertz CT molecular complexity index is 506. The molecular formula is C15H20O4. The number of carbonyl (C=O) groups excluding carboxylic acids is 2. The molecule has 104 valence electrons. The first kappa shape index (κ1) is 12.9. The van der Waals surface area contributed by atoms with E-state index in [-0.39, 0.29) is 23.5 Å². The van der Waals surface area contributed by atoms with Crippen LogP contribution in [0.1, 0.15) is 46.5 Å². The zero-order valence-corrected chi connectivity index (χ0v) is 11.7. The largest absolute Gasteiger partial charge is 0.426 e. The van der Waals surface area contributed by atoms with Gasteiger partial charge in [-0.1, -0.05) is 13.8 Å². The summed E-state index contributed by atoms with van der Waals surface area (Å²) in [7, 11) is 0. The summed E-state index contributed by atoms with van der Waals surface area (Å²) in [6.45, 7) is 5.98. The minimum atomic E-state index is -1.53. The molecule has 0 amide bonds. The van der Waals surface area contributed by atoms with Crippen LogP contribution in [0.15, 0.2) is 11.1 Å². The first-order valence-electron chi connectivity index (χ1n) is 6.96. The third-order valence-electron chi connectivity index (χ3n) is 5.66. The van der Waals surface area contributed by atoms with Crippen molar-refractivity contribution in [2.24, 2.45) is 17.3 Å². The average molecular weight is 264 g/mol. The molecule has 4 atom stereocenters. The minimum Gasteiger partial charge on any atom is -0.426 e. The van der Waals surface area contributed by atoms with Crippen LogP contribution in [0.5, 0.6) is 0 Å². The van der Waals surface area contributed by atoms with Crippen LogP contribution in [0.4, 0.5) is 0 Å². The van der Waals surface area contributed by atoms with Crippen LogP contribution in [-0.4, -0.2) is 22.6 Å². The van der Waals surface area contributed by atoms with Crippen molar-refractivity contribution in [1.82, 2.24) is 0 Å². The van der Waals surface area contributed by atoms with Gasteiger partial charge in [-0.2, -0.15) is 0 Å². The average Bonchev–Trinajstić information content (AvgIpc) is 2.55. The van der Waals surface area contributed by atoms with Crippen LogP contribution in [0.3, 0.4) is 0 Å². The van der Waals surface area contributed by atoms with E-state index in [1.165, 1.54) is 0 Å². The van der Waals surface area contributed by atoms with Crippen molar-refractivity contribution in [3.63, 3.8) is 0 Å². The Morgan fingerprint density at radius 3 is 2.74 bits per heavy atom. The van der Waals surface area contributed by atoms with E-state index < -0.39 is 11.8 Å². The van der Waals surface area contributed by atoms with Gasteiger partial charge < -0.3 is 9.84 Å². The minimum absolute atomic E-state index is 0.161. The van der Waals surface area contributed by atoms with Gasteiger partial charge in [0.15, 0.2) is 0 Å². The van der Waals surface area contributed by atoms with Gasteiger partial charge in [0.25, 0.3) is 0 Å². The molecule has 2 fully saturated rings. The lowest BCUT2D eigenvalue weighted by molar-refractivity contribution is -0.204. The van der Waals surface area contributed by atoms with Gasteiger partial charge in [0.05, 0.1) is 0 Å². The Morgan fingerprint density at radius 2 is 2.05 bits per heavy atom. The zero-order valence-electron chi connectivity index (χ0n) is 11.7. The van der Waals surface area contributed by atoms with Crippen molar-refractivity contribution in [2.45, 2.75) is 52.2 Å². The standard InChI is InChI=1S/C15H20O4/c1-8-4-5-12(16)11-7-15(18)10(6-14(8,11)3)9(2)13(17)19-15/h8,11,18H,4-7H2,1-3H3/t8-,11?,14+,15+/m0/s1. The quantitative estimate of drug-likeness (QED) is 0.679. The maximum absolute atomic E-state index is 12.2. The normalized spacial score (nSPS) is 45.9. The van der Waals surface area contributed by atoms with E-state index in [0.29, 0.717) is 29.9 Å². The molecule has 0 aromatic heterocycles. The van der Waals surface area contributed by atoms with Crippen LogP contribution in [0.25, 0.3) is 0 Å². The number of fused-ring (bicyclic) bond motifs is 2. The Labute approximate surface area is 112 Å². The van der Waals surface area contributed by atoms with Crippen LogP contribution in [0.2, 0.25) is 0 Å². The third-order valence-corrected chi connectivity index (χ3v) is 5.66. The van der Waals surface area contributed by atoms with Gasteiger partial charge in [0.1, 0.15) is 5.78 Å². The maximum Gasteiger partial charge on any atom is 0.336 e. The molecule has 1 heterocycles. The summed E-state index contributed by atoms with van der Waals surface area (Å²) in [6.07, 6.45) is 2.28. The second kappa shape index (κ2) is 3.69. The number of Topliss-reactive ketones (excluding diaryl/α,β-unsaturated/α-hetero) is 1. The van der Waals surface area contributed by atoms with E-state index >= 15 is 0 Å². The molecule has 1 N–H and O–H groups in total. The highest BCUT2D eigenvalue weighted by molar-refractivity contribution is 5.93. The highest BCUT2D eigenvalue weighted by Gasteiger charge is 2.59. The summed E-state index contributed by atoms with van der Waals surface area (Å²) in [5.41, 5.74) is 1.05. The van der Waals surface area contributed by atoms with Crippen LogP contribution in [-0.2, 0) is 14.3 Å². The van der Waals surface area contributed by atoms with E-state index in [1.54, 1.807) is 6.92 Å². The van der Waals surface area contributed by atoms with Gasteiger partial charge in [0.2, 0.25) is 5.79 Å². The molecule has 0 radical (unpaired) electrons. The highest BCUT2D eigenvalue weighted by atomic mass is 16.7. The van der Waals surface area contributed by atoms with E-state index in [2.05, 4.69) is 13.8 Å². The smallest absolute Gasteiger partial charge is 0.336 e. The van der Waals surface area contributed by atoms with Crippen molar-refractivity contribution in [3.05, 3.63) is 11.1 Å². The SMILES string of the molecule is CC1=C2C[C@@]3(C)C(C[C@@]2(O)OC1=O)C(=O)CC[C@@H]3C. The molecule has 0 saturated heterocycles. The summed E-state index contributed by atoms with van der Waals surface area (Å²) in [4.78, 5) is 23.9. The predicted octanol–water partition coefficient (Wildman–Crippen LogP) is 1.96. The number of ether oxygens (including phenoxy) is 1. The number of carbonyl (C=O) groups is 2. The molecule has 4 nitrogen and oxygen atoms in total. The molecule has 1 aliphatic heterocycles. The summed E-state index contributed by atoms with van der Waals surface area (Å²) >= 11 is 0. The monoisotopic (exact) mass is 264 g/mol.